The van der Waals surface area contributed by atoms with Crippen molar-refractivity contribution >= 4 is 27.4 Å². The van der Waals surface area contributed by atoms with Crippen LogP contribution in [0.15, 0.2) is 29.6 Å². The first-order chi connectivity index (χ1) is 8.15. The van der Waals surface area contributed by atoms with Gasteiger partial charge in [0.05, 0.1) is 11.5 Å². The van der Waals surface area contributed by atoms with Gasteiger partial charge in [-0.3, -0.25) is 4.79 Å². The Kier molecular flexibility index (Phi) is 2.24. The molecule has 1 heterocycles. The van der Waals surface area contributed by atoms with Gasteiger partial charge in [-0.2, -0.15) is 0 Å². The maximum absolute atomic E-state index is 11.2. The fraction of sp³-hybridized carbons (Fsp3) is 0.308. The van der Waals surface area contributed by atoms with Gasteiger partial charge in [0.2, 0.25) is 0 Å². The third-order valence-electron chi connectivity index (χ3n) is 3.54. The fourth-order valence-electron chi connectivity index (χ4n) is 2.25. The molecule has 0 radical (unpaired) electrons. The van der Waals surface area contributed by atoms with E-state index in [1.54, 1.807) is 11.3 Å². The summed E-state index contributed by atoms with van der Waals surface area (Å²) in [5.41, 5.74) is -0.186. The Hall–Kier alpha value is -1.39. The number of carbonyl (C=O) groups is 1. The van der Waals surface area contributed by atoms with Gasteiger partial charge in [0.15, 0.2) is 0 Å². The molecule has 1 atom stereocenters. The summed E-state index contributed by atoms with van der Waals surface area (Å²) < 4.78 is 1.09. The van der Waals surface area contributed by atoms with Crippen LogP contribution in [0, 0.1) is 5.41 Å². The molecule has 0 bridgehead atoms. The Bertz CT molecular complexity index is 583. The third-order valence-corrected chi connectivity index (χ3v) is 4.53. The maximum Gasteiger partial charge on any atom is 0.312 e. The summed E-state index contributed by atoms with van der Waals surface area (Å²) in [7, 11) is 0. The largest absolute Gasteiger partial charge is 0.481 e. The first-order valence-corrected chi connectivity index (χ1v) is 6.41. The second-order valence-electron chi connectivity index (χ2n) is 4.55. The van der Waals surface area contributed by atoms with Gasteiger partial charge in [-0.05, 0) is 29.7 Å². The Balaban J connectivity index is 2.07. The molecule has 0 amide bonds. The summed E-state index contributed by atoms with van der Waals surface area (Å²) in [5.74, 6) is -0.889. The molecule has 1 aliphatic carbocycles. The summed E-state index contributed by atoms with van der Waals surface area (Å²) in [6.07, 6.45) is 0.234. The van der Waals surface area contributed by atoms with Crippen LogP contribution in [0.3, 0.4) is 0 Å². The molecule has 1 aromatic carbocycles. The Morgan fingerprint density at radius 1 is 1.35 bits per heavy atom. The van der Waals surface area contributed by atoms with Crippen molar-refractivity contribution in [1.29, 1.82) is 0 Å². The highest BCUT2D eigenvalue weighted by Crippen LogP contribution is 2.56. The minimum Gasteiger partial charge on any atom is -0.481 e. The molecule has 4 heteroatoms. The normalized spacial score (nSPS) is 19.1. The van der Waals surface area contributed by atoms with E-state index in [0.29, 0.717) is 12.8 Å². The highest BCUT2D eigenvalue weighted by molar-refractivity contribution is 7.17. The number of fused-ring (bicyclic) bond motifs is 1. The Morgan fingerprint density at radius 3 is 2.71 bits per heavy atom. The van der Waals surface area contributed by atoms with Crippen LogP contribution in [0.2, 0.25) is 0 Å². The number of aliphatic hydroxyl groups is 1. The summed E-state index contributed by atoms with van der Waals surface area (Å²) in [6, 6.07) is 7.77. The number of hydrogen-bond acceptors (Lipinski definition) is 3. The number of benzene rings is 1. The molecular formula is C13H12O3S. The zero-order chi connectivity index (χ0) is 12.0. The third kappa shape index (κ3) is 1.48. The van der Waals surface area contributed by atoms with E-state index in [4.69, 9.17) is 0 Å². The Morgan fingerprint density at radius 2 is 2.06 bits per heavy atom. The number of carboxylic acid groups (broad SMARTS) is 1. The van der Waals surface area contributed by atoms with E-state index in [-0.39, 0.29) is 0 Å². The van der Waals surface area contributed by atoms with Gasteiger partial charge in [0.25, 0.3) is 0 Å². The number of hydrogen-bond donors (Lipinski definition) is 2. The molecule has 1 unspecified atom stereocenters. The van der Waals surface area contributed by atoms with Crippen LogP contribution in [0.4, 0.5) is 0 Å². The van der Waals surface area contributed by atoms with Crippen LogP contribution in [0.1, 0.15) is 24.5 Å². The zero-order valence-corrected chi connectivity index (χ0v) is 9.91. The quantitative estimate of drug-likeness (QED) is 0.878. The van der Waals surface area contributed by atoms with Crippen molar-refractivity contribution in [3.8, 4) is 0 Å². The lowest BCUT2D eigenvalue weighted by Gasteiger charge is -2.17. The van der Waals surface area contributed by atoms with Gasteiger partial charge in [0, 0.05) is 10.3 Å². The first kappa shape index (κ1) is 10.7. The second-order valence-corrected chi connectivity index (χ2v) is 5.46. The van der Waals surface area contributed by atoms with Crippen LogP contribution in [-0.2, 0) is 4.79 Å². The van der Waals surface area contributed by atoms with Crippen molar-refractivity contribution in [2.24, 2.45) is 5.41 Å². The van der Waals surface area contributed by atoms with Gasteiger partial charge in [-0.1, -0.05) is 18.2 Å². The number of aliphatic carboxylic acids is 1. The van der Waals surface area contributed by atoms with Gasteiger partial charge in [-0.15, -0.1) is 11.3 Å². The van der Waals surface area contributed by atoms with E-state index in [2.05, 4.69) is 0 Å². The van der Waals surface area contributed by atoms with E-state index in [1.165, 1.54) is 0 Å². The van der Waals surface area contributed by atoms with Crippen LogP contribution < -0.4 is 0 Å². The molecular weight excluding hydrogens is 236 g/mol. The molecule has 2 aromatic rings. The summed E-state index contributed by atoms with van der Waals surface area (Å²) in [6.45, 7) is 0. The van der Waals surface area contributed by atoms with Crippen molar-refractivity contribution in [3.05, 3.63) is 35.2 Å². The van der Waals surface area contributed by atoms with E-state index in [1.807, 2.05) is 29.6 Å². The molecule has 0 aliphatic heterocycles. The monoisotopic (exact) mass is 248 g/mol. The summed E-state index contributed by atoms with van der Waals surface area (Å²) in [5, 5.41) is 22.3. The molecule has 17 heavy (non-hydrogen) atoms. The topological polar surface area (TPSA) is 57.5 Å². The number of carboxylic acids is 1. The molecule has 88 valence electrons. The lowest BCUT2D eigenvalue weighted by atomic mass is 9.93. The lowest BCUT2D eigenvalue weighted by molar-refractivity contribution is -0.148. The molecule has 1 fully saturated rings. The van der Waals surface area contributed by atoms with Gasteiger partial charge in [-0.25, -0.2) is 0 Å². The molecule has 1 saturated carbocycles. The second kappa shape index (κ2) is 3.55. The van der Waals surface area contributed by atoms with Crippen LogP contribution in [0.25, 0.3) is 10.1 Å². The fourth-order valence-corrected chi connectivity index (χ4v) is 3.23. The minimum atomic E-state index is -0.941. The number of rotatable bonds is 3. The van der Waals surface area contributed by atoms with Crippen LogP contribution in [-0.4, -0.2) is 16.2 Å². The molecule has 2 N–H and O–H groups in total. The average molecular weight is 248 g/mol. The van der Waals surface area contributed by atoms with Gasteiger partial charge < -0.3 is 10.2 Å². The molecule has 1 aliphatic rings. The van der Waals surface area contributed by atoms with E-state index >= 15 is 0 Å². The molecule has 0 saturated heterocycles. The van der Waals surface area contributed by atoms with Crippen molar-refractivity contribution in [3.63, 3.8) is 0 Å². The van der Waals surface area contributed by atoms with Crippen molar-refractivity contribution in [2.75, 3.05) is 0 Å². The minimum absolute atomic E-state index is 0.563. The number of aliphatic hydroxyl groups excluding tert-OH is 1. The van der Waals surface area contributed by atoms with E-state index in [9.17, 15) is 15.0 Å². The molecule has 0 spiro atoms. The van der Waals surface area contributed by atoms with Crippen molar-refractivity contribution < 1.29 is 15.0 Å². The van der Waals surface area contributed by atoms with Crippen molar-refractivity contribution in [1.82, 2.24) is 0 Å². The highest BCUT2D eigenvalue weighted by Gasteiger charge is 2.56. The summed E-state index contributed by atoms with van der Waals surface area (Å²) in [4.78, 5) is 11.2. The summed E-state index contributed by atoms with van der Waals surface area (Å²) >= 11 is 1.54. The highest BCUT2D eigenvalue weighted by atomic mass is 32.1. The predicted molar refractivity (Wildman–Crippen MR) is 66.1 cm³/mol. The maximum atomic E-state index is 11.2. The number of thiophene rings is 1. The van der Waals surface area contributed by atoms with E-state index in [0.717, 1.165) is 15.6 Å². The zero-order valence-electron chi connectivity index (χ0n) is 9.09. The van der Waals surface area contributed by atoms with E-state index < -0.39 is 17.5 Å². The smallest absolute Gasteiger partial charge is 0.312 e. The molecule has 3 nitrogen and oxygen atoms in total. The SMILES string of the molecule is O=C(O)C1(C(O)c2csc3ccccc23)CC1. The van der Waals surface area contributed by atoms with Crippen LogP contribution >= 0.6 is 11.3 Å². The standard InChI is InChI=1S/C13H12O3S/c14-11(13(5-6-13)12(15)16)9-7-17-10-4-2-1-3-8(9)10/h1-4,7,11,14H,5-6H2,(H,15,16). The van der Waals surface area contributed by atoms with Gasteiger partial charge >= 0.3 is 5.97 Å². The van der Waals surface area contributed by atoms with Gasteiger partial charge in [0.1, 0.15) is 0 Å². The van der Waals surface area contributed by atoms with Crippen LogP contribution in [0.5, 0.6) is 0 Å². The Labute approximate surface area is 102 Å². The van der Waals surface area contributed by atoms with Crippen molar-refractivity contribution in [2.45, 2.75) is 18.9 Å². The first-order valence-electron chi connectivity index (χ1n) is 5.53. The average Bonchev–Trinajstić information content (AvgIpc) is 3.03. The molecule has 3 rings (SSSR count). The molecule has 1 aromatic heterocycles. The predicted octanol–water partition coefficient (Wildman–Crippen LogP) is 2.80. The lowest BCUT2D eigenvalue weighted by Crippen LogP contribution is -2.23.